The molecule has 2 aromatic rings. The third-order valence-corrected chi connectivity index (χ3v) is 8.03. The zero-order valence-corrected chi connectivity index (χ0v) is 18.4. The van der Waals surface area contributed by atoms with Gasteiger partial charge in [-0.05, 0) is 49.2 Å². The number of carbonyl (C=O) groups excluding carboxylic acids is 1. The summed E-state index contributed by atoms with van der Waals surface area (Å²) in [5, 5.41) is 0.496. The number of nitrogens with zero attached hydrogens (tertiary/aromatic N) is 3. The van der Waals surface area contributed by atoms with Crippen LogP contribution in [0.15, 0.2) is 59.5 Å². The van der Waals surface area contributed by atoms with E-state index in [4.69, 9.17) is 11.6 Å². The van der Waals surface area contributed by atoms with E-state index in [-0.39, 0.29) is 23.3 Å². The lowest BCUT2D eigenvalue weighted by Crippen LogP contribution is -2.53. The van der Waals surface area contributed by atoms with Gasteiger partial charge in [0.1, 0.15) is 0 Å². The Hall–Kier alpha value is -2.09. The number of anilines is 1. The molecule has 0 aromatic heterocycles. The summed E-state index contributed by atoms with van der Waals surface area (Å²) in [5.74, 6) is -0.220. The van der Waals surface area contributed by atoms with E-state index in [0.717, 1.165) is 19.5 Å². The Kier molecular flexibility index (Phi) is 6.32. The molecule has 4 rings (SSSR count). The molecule has 0 saturated carbocycles. The van der Waals surface area contributed by atoms with E-state index in [1.54, 1.807) is 12.1 Å². The smallest absolute Gasteiger partial charge is 0.243 e. The van der Waals surface area contributed by atoms with E-state index in [9.17, 15) is 13.2 Å². The topological polar surface area (TPSA) is 60.9 Å². The Morgan fingerprint density at radius 1 is 0.900 bits per heavy atom. The van der Waals surface area contributed by atoms with E-state index in [1.165, 1.54) is 22.1 Å². The van der Waals surface area contributed by atoms with Gasteiger partial charge in [-0.1, -0.05) is 29.8 Å². The Morgan fingerprint density at radius 2 is 1.57 bits per heavy atom. The van der Waals surface area contributed by atoms with Gasteiger partial charge in [0.25, 0.3) is 0 Å². The Balaban J connectivity index is 1.39. The summed E-state index contributed by atoms with van der Waals surface area (Å²) in [6, 6.07) is 16.4. The third kappa shape index (κ3) is 4.48. The Morgan fingerprint density at radius 3 is 2.23 bits per heavy atom. The van der Waals surface area contributed by atoms with Crippen LogP contribution in [0.5, 0.6) is 0 Å². The number of halogens is 1. The molecule has 0 aliphatic carbocycles. The molecule has 2 fully saturated rings. The maximum Gasteiger partial charge on any atom is 0.243 e. The molecule has 8 heteroatoms. The number of hydrogen-bond acceptors (Lipinski definition) is 4. The molecule has 0 radical (unpaired) electrons. The van der Waals surface area contributed by atoms with Crippen molar-refractivity contribution in [2.24, 2.45) is 5.92 Å². The molecule has 0 bridgehead atoms. The van der Waals surface area contributed by atoms with Crippen molar-refractivity contribution in [1.82, 2.24) is 9.21 Å². The zero-order chi connectivity index (χ0) is 21.1. The van der Waals surface area contributed by atoms with E-state index in [1.807, 2.05) is 23.1 Å². The number of sulfonamides is 1. The van der Waals surface area contributed by atoms with Crippen molar-refractivity contribution >= 4 is 33.2 Å². The van der Waals surface area contributed by atoms with Crippen LogP contribution >= 0.6 is 11.6 Å². The largest absolute Gasteiger partial charge is 0.368 e. The van der Waals surface area contributed by atoms with Gasteiger partial charge in [0.05, 0.1) is 10.8 Å². The van der Waals surface area contributed by atoms with Gasteiger partial charge >= 0.3 is 0 Å². The lowest BCUT2D eigenvalue weighted by atomic mass is 9.97. The van der Waals surface area contributed by atoms with Gasteiger partial charge in [0.2, 0.25) is 15.9 Å². The van der Waals surface area contributed by atoms with Crippen LogP contribution in [0.2, 0.25) is 5.02 Å². The molecule has 2 aromatic carbocycles. The highest BCUT2D eigenvalue weighted by atomic mass is 35.5. The normalized spacial score (nSPS) is 20.9. The molecule has 2 aliphatic heterocycles. The molecular formula is C22H26ClN3O3S. The van der Waals surface area contributed by atoms with Crippen LogP contribution < -0.4 is 4.90 Å². The molecule has 2 saturated heterocycles. The maximum atomic E-state index is 13.1. The first kappa shape index (κ1) is 21.2. The van der Waals surface area contributed by atoms with Crippen molar-refractivity contribution < 1.29 is 13.2 Å². The van der Waals surface area contributed by atoms with Gasteiger partial charge in [0.15, 0.2) is 0 Å². The molecule has 2 aliphatic rings. The van der Waals surface area contributed by atoms with Gasteiger partial charge in [-0.3, -0.25) is 4.79 Å². The SMILES string of the molecule is O=C([C@H]1CCCN(S(=O)(=O)c2ccc(Cl)cc2)C1)N1CCN(c2ccccc2)CC1. The summed E-state index contributed by atoms with van der Waals surface area (Å²) < 4.78 is 27.4. The lowest BCUT2D eigenvalue weighted by Gasteiger charge is -2.39. The van der Waals surface area contributed by atoms with Crippen molar-refractivity contribution in [2.45, 2.75) is 17.7 Å². The van der Waals surface area contributed by atoms with Gasteiger partial charge in [-0.25, -0.2) is 8.42 Å². The fourth-order valence-corrected chi connectivity index (χ4v) is 5.85. The number of rotatable bonds is 4. The van der Waals surface area contributed by atoms with Crippen LogP contribution in [-0.4, -0.2) is 62.8 Å². The van der Waals surface area contributed by atoms with Gasteiger partial charge in [-0.15, -0.1) is 0 Å². The van der Waals surface area contributed by atoms with Crippen LogP contribution in [0, 0.1) is 5.92 Å². The molecule has 30 heavy (non-hydrogen) atoms. The monoisotopic (exact) mass is 447 g/mol. The van der Waals surface area contributed by atoms with Crippen LogP contribution in [0.1, 0.15) is 12.8 Å². The molecule has 160 valence electrons. The highest BCUT2D eigenvalue weighted by molar-refractivity contribution is 7.89. The van der Waals surface area contributed by atoms with E-state index in [2.05, 4.69) is 17.0 Å². The fourth-order valence-electron chi connectivity index (χ4n) is 4.20. The molecule has 0 unspecified atom stereocenters. The van der Waals surface area contributed by atoms with Crippen molar-refractivity contribution in [3.8, 4) is 0 Å². The number of hydrogen-bond donors (Lipinski definition) is 0. The molecule has 0 spiro atoms. The Labute approximate surface area is 183 Å². The lowest BCUT2D eigenvalue weighted by molar-refractivity contribution is -0.137. The van der Waals surface area contributed by atoms with Crippen LogP contribution in [-0.2, 0) is 14.8 Å². The molecule has 1 amide bonds. The third-order valence-electron chi connectivity index (χ3n) is 5.90. The summed E-state index contributed by atoms with van der Waals surface area (Å²) in [4.78, 5) is 17.5. The minimum Gasteiger partial charge on any atom is -0.368 e. The second-order valence-electron chi connectivity index (χ2n) is 7.80. The number of benzene rings is 2. The standard InChI is InChI=1S/C22H26ClN3O3S/c23-19-8-10-21(11-9-19)30(28,29)26-12-4-5-18(17-26)22(27)25-15-13-24(14-16-25)20-6-2-1-3-7-20/h1-3,6-11,18H,4-5,12-17H2/t18-/m0/s1. The summed E-state index contributed by atoms with van der Waals surface area (Å²) >= 11 is 5.89. The first-order valence-corrected chi connectivity index (χ1v) is 12.1. The number of piperidine rings is 1. The molecule has 6 nitrogen and oxygen atoms in total. The quantitative estimate of drug-likeness (QED) is 0.722. The van der Waals surface area contributed by atoms with Crippen molar-refractivity contribution in [3.05, 3.63) is 59.6 Å². The summed E-state index contributed by atoms with van der Waals surface area (Å²) in [6.07, 6.45) is 1.41. The predicted octanol–water partition coefficient (Wildman–Crippen LogP) is 3.09. The molecular weight excluding hydrogens is 422 g/mol. The molecule has 2 heterocycles. The molecule has 0 N–H and O–H groups in total. The van der Waals surface area contributed by atoms with Crippen molar-refractivity contribution in [2.75, 3.05) is 44.2 Å². The number of para-hydroxylation sites is 1. The molecule has 1 atom stereocenters. The van der Waals surface area contributed by atoms with Gasteiger partial charge in [-0.2, -0.15) is 4.31 Å². The van der Waals surface area contributed by atoms with Gasteiger partial charge in [0, 0.05) is 50.0 Å². The number of piperazine rings is 1. The minimum absolute atomic E-state index is 0.0683. The van der Waals surface area contributed by atoms with Crippen molar-refractivity contribution in [3.63, 3.8) is 0 Å². The van der Waals surface area contributed by atoms with Crippen LogP contribution in [0.4, 0.5) is 5.69 Å². The highest BCUT2D eigenvalue weighted by Gasteiger charge is 2.35. The average molecular weight is 448 g/mol. The van der Waals surface area contributed by atoms with Crippen LogP contribution in [0.3, 0.4) is 0 Å². The van der Waals surface area contributed by atoms with Gasteiger partial charge < -0.3 is 9.80 Å². The fraction of sp³-hybridized carbons (Fsp3) is 0.409. The minimum atomic E-state index is -3.63. The number of carbonyl (C=O) groups is 1. The van der Waals surface area contributed by atoms with E-state index >= 15 is 0 Å². The van der Waals surface area contributed by atoms with Crippen molar-refractivity contribution in [1.29, 1.82) is 0 Å². The van der Waals surface area contributed by atoms with Crippen LogP contribution in [0.25, 0.3) is 0 Å². The predicted molar refractivity (Wildman–Crippen MR) is 118 cm³/mol. The summed E-state index contributed by atoms with van der Waals surface area (Å²) in [6.45, 7) is 3.58. The second kappa shape index (κ2) is 8.96. The average Bonchev–Trinajstić information content (AvgIpc) is 2.80. The van der Waals surface area contributed by atoms with E-state index in [0.29, 0.717) is 31.1 Å². The first-order valence-electron chi connectivity index (χ1n) is 10.3. The second-order valence-corrected chi connectivity index (χ2v) is 10.2. The summed E-state index contributed by atoms with van der Waals surface area (Å²) in [5.41, 5.74) is 1.17. The number of amides is 1. The van der Waals surface area contributed by atoms with E-state index < -0.39 is 10.0 Å². The Bertz CT molecular complexity index is 974. The first-order chi connectivity index (χ1) is 14.4. The highest BCUT2D eigenvalue weighted by Crippen LogP contribution is 2.26. The summed E-state index contributed by atoms with van der Waals surface area (Å²) in [7, 11) is -3.63. The zero-order valence-electron chi connectivity index (χ0n) is 16.8. The maximum absolute atomic E-state index is 13.1.